The van der Waals surface area contributed by atoms with Crippen LogP contribution >= 0.6 is 0 Å². The number of hydrogen-bond acceptors (Lipinski definition) is 4. The maximum absolute atomic E-state index is 13.7. The molecule has 3 amide bonds. The summed E-state index contributed by atoms with van der Waals surface area (Å²) in [6.45, 7) is 1.68. The number of amides is 3. The Kier molecular flexibility index (Phi) is 7.98. The standard InChI is InChI=1S/C28H31N3O4/c1-20-14-16-23(17-15-20)31(25(32)19-29-27(33)24-13-8-18-35-24)26(21-9-4-2-5-10-21)28(34)30-22-11-6-3-7-12-22/h2,4-5,8-10,13-18,22,26H,3,6-7,11-12,19H2,1H3,(H,29,33)(H,30,34)/t26-/m1/s1. The van der Waals surface area contributed by atoms with Gasteiger partial charge in [0.15, 0.2) is 5.76 Å². The maximum Gasteiger partial charge on any atom is 0.287 e. The smallest absolute Gasteiger partial charge is 0.287 e. The monoisotopic (exact) mass is 473 g/mol. The van der Waals surface area contributed by atoms with E-state index in [1.54, 1.807) is 6.07 Å². The lowest BCUT2D eigenvalue weighted by Gasteiger charge is -2.33. The lowest BCUT2D eigenvalue weighted by atomic mass is 9.94. The molecule has 1 fully saturated rings. The van der Waals surface area contributed by atoms with E-state index in [-0.39, 0.29) is 24.3 Å². The van der Waals surface area contributed by atoms with Crippen LogP contribution < -0.4 is 15.5 Å². The lowest BCUT2D eigenvalue weighted by molar-refractivity contribution is -0.127. The minimum absolute atomic E-state index is 0.0936. The summed E-state index contributed by atoms with van der Waals surface area (Å²) >= 11 is 0. The van der Waals surface area contributed by atoms with Crippen molar-refractivity contribution in [2.75, 3.05) is 11.4 Å². The minimum Gasteiger partial charge on any atom is -0.459 e. The van der Waals surface area contributed by atoms with E-state index in [1.807, 2.05) is 61.5 Å². The Morgan fingerprint density at radius 1 is 0.943 bits per heavy atom. The molecular formula is C28H31N3O4. The van der Waals surface area contributed by atoms with E-state index in [9.17, 15) is 14.4 Å². The van der Waals surface area contributed by atoms with Crippen LogP contribution in [0.2, 0.25) is 0 Å². The van der Waals surface area contributed by atoms with E-state index in [0.29, 0.717) is 11.3 Å². The number of nitrogens with one attached hydrogen (secondary N) is 2. The number of nitrogens with zero attached hydrogens (tertiary/aromatic N) is 1. The first-order valence-corrected chi connectivity index (χ1v) is 12.1. The SMILES string of the molecule is Cc1ccc(N(C(=O)CNC(=O)c2ccco2)[C@@H](C(=O)NC2CCCCC2)c2ccccc2)cc1. The van der Waals surface area contributed by atoms with Crippen LogP contribution in [0.4, 0.5) is 5.69 Å². The van der Waals surface area contributed by atoms with Gasteiger partial charge in [0.1, 0.15) is 6.04 Å². The highest BCUT2D eigenvalue weighted by Gasteiger charge is 2.34. The highest BCUT2D eigenvalue weighted by Crippen LogP contribution is 2.29. The first-order chi connectivity index (χ1) is 17.0. The Balaban J connectivity index is 1.65. The minimum atomic E-state index is -0.881. The van der Waals surface area contributed by atoms with Crippen molar-refractivity contribution >= 4 is 23.4 Å². The van der Waals surface area contributed by atoms with E-state index in [1.165, 1.54) is 23.7 Å². The summed E-state index contributed by atoms with van der Waals surface area (Å²) in [5.74, 6) is -1.000. The van der Waals surface area contributed by atoms with Crippen molar-refractivity contribution in [3.05, 3.63) is 89.9 Å². The zero-order valence-corrected chi connectivity index (χ0v) is 19.9. The Hall–Kier alpha value is -3.87. The number of furan rings is 1. The van der Waals surface area contributed by atoms with Crippen LogP contribution in [0.25, 0.3) is 0 Å². The van der Waals surface area contributed by atoms with Crippen LogP contribution in [0.15, 0.2) is 77.4 Å². The van der Waals surface area contributed by atoms with Gasteiger partial charge in [-0.15, -0.1) is 0 Å². The average molecular weight is 474 g/mol. The van der Waals surface area contributed by atoms with Crippen molar-refractivity contribution in [3.63, 3.8) is 0 Å². The number of carbonyl (C=O) groups is 3. The van der Waals surface area contributed by atoms with Gasteiger partial charge in [0.05, 0.1) is 12.8 Å². The summed E-state index contributed by atoms with van der Waals surface area (Å²) in [5, 5.41) is 5.80. The molecule has 4 rings (SSSR count). The van der Waals surface area contributed by atoms with Gasteiger partial charge in [-0.1, -0.05) is 67.3 Å². The van der Waals surface area contributed by atoms with E-state index >= 15 is 0 Å². The van der Waals surface area contributed by atoms with Crippen LogP contribution in [-0.2, 0) is 9.59 Å². The lowest BCUT2D eigenvalue weighted by Crippen LogP contribution is -2.49. The van der Waals surface area contributed by atoms with Crippen molar-refractivity contribution < 1.29 is 18.8 Å². The number of benzene rings is 2. The van der Waals surface area contributed by atoms with Crippen molar-refractivity contribution in [2.45, 2.75) is 51.1 Å². The molecule has 1 saturated carbocycles. The topological polar surface area (TPSA) is 91.7 Å². The second-order valence-corrected chi connectivity index (χ2v) is 8.92. The number of anilines is 1. The molecule has 182 valence electrons. The zero-order valence-electron chi connectivity index (χ0n) is 19.9. The number of hydrogen-bond donors (Lipinski definition) is 2. The first-order valence-electron chi connectivity index (χ1n) is 12.1. The first kappa shape index (κ1) is 24.3. The second kappa shape index (κ2) is 11.5. The highest BCUT2D eigenvalue weighted by molar-refractivity contribution is 6.04. The Morgan fingerprint density at radius 2 is 1.66 bits per heavy atom. The molecule has 0 bridgehead atoms. The largest absolute Gasteiger partial charge is 0.459 e. The summed E-state index contributed by atoms with van der Waals surface area (Å²) in [5.41, 5.74) is 2.32. The van der Waals surface area contributed by atoms with Gasteiger partial charge in [0, 0.05) is 11.7 Å². The normalized spacial score (nSPS) is 14.7. The van der Waals surface area contributed by atoms with Crippen LogP contribution in [0.3, 0.4) is 0 Å². The van der Waals surface area contributed by atoms with Gasteiger partial charge >= 0.3 is 0 Å². The van der Waals surface area contributed by atoms with Gasteiger partial charge in [0.2, 0.25) is 11.8 Å². The molecule has 0 aliphatic heterocycles. The predicted octanol–water partition coefficient (Wildman–Crippen LogP) is 4.54. The Labute approximate surface area is 205 Å². The summed E-state index contributed by atoms with van der Waals surface area (Å²) in [4.78, 5) is 41.2. The molecule has 2 aromatic carbocycles. The highest BCUT2D eigenvalue weighted by atomic mass is 16.3. The van der Waals surface area contributed by atoms with Gasteiger partial charge in [0.25, 0.3) is 5.91 Å². The second-order valence-electron chi connectivity index (χ2n) is 8.92. The third kappa shape index (κ3) is 6.18. The van der Waals surface area contributed by atoms with Gasteiger partial charge in [-0.3, -0.25) is 19.3 Å². The molecule has 0 radical (unpaired) electrons. The molecule has 1 aliphatic carbocycles. The van der Waals surface area contributed by atoms with E-state index in [4.69, 9.17) is 4.42 Å². The summed E-state index contributed by atoms with van der Waals surface area (Å²) in [7, 11) is 0. The van der Waals surface area contributed by atoms with Crippen LogP contribution in [0.1, 0.15) is 59.8 Å². The maximum atomic E-state index is 13.7. The summed E-state index contributed by atoms with van der Waals surface area (Å²) in [6, 6.07) is 19.1. The fourth-order valence-electron chi connectivity index (χ4n) is 4.46. The van der Waals surface area contributed by atoms with Gasteiger partial charge in [-0.05, 0) is 49.6 Å². The zero-order chi connectivity index (χ0) is 24.6. The number of carbonyl (C=O) groups excluding carboxylic acids is 3. The molecular weight excluding hydrogens is 442 g/mol. The predicted molar refractivity (Wildman–Crippen MR) is 134 cm³/mol. The molecule has 0 unspecified atom stereocenters. The molecule has 3 aromatic rings. The van der Waals surface area contributed by atoms with Crippen molar-refractivity contribution in [1.82, 2.24) is 10.6 Å². The summed E-state index contributed by atoms with van der Waals surface area (Å²) < 4.78 is 5.12. The quantitative estimate of drug-likeness (QED) is 0.502. The molecule has 1 heterocycles. The van der Waals surface area contributed by atoms with E-state index in [2.05, 4.69) is 10.6 Å². The Bertz CT molecular complexity index is 1120. The fraction of sp³-hybridized carbons (Fsp3) is 0.321. The van der Waals surface area contributed by atoms with Crippen LogP contribution in [0, 0.1) is 6.92 Å². The molecule has 0 spiro atoms. The fourth-order valence-corrected chi connectivity index (χ4v) is 4.46. The Morgan fingerprint density at radius 3 is 2.31 bits per heavy atom. The van der Waals surface area contributed by atoms with Crippen molar-refractivity contribution in [3.8, 4) is 0 Å². The molecule has 0 saturated heterocycles. The molecule has 1 aromatic heterocycles. The van der Waals surface area contributed by atoms with Crippen LogP contribution in [0.5, 0.6) is 0 Å². The van der Waals surface area contributed by atoms with Crippen molar-refractivity contribution in [2.24, 2.45) is 0 Å². The molecule has 7 heteroatoms. The molecule has 7 nitrogen and oxygen atoms in total. The molecule has 1 aliphatic rings. The molecule has 35 heavy (non-hydrogen) atoms. The number of rotatable bonds is 8. The van der Waals surface area contributed by atoms with Crippen molar-refractivity contribution in [1.29, 1.82) is 0 Å². The average Bonchev–Trinajstić information content (AvgIpc) is 3.43. The molecule has 1 atom stereocenters. The van der Waals surface area contributed by atoms with Gasteiger partial charge in [-0.2, -0.15) is 0 Å². The van der Waals surface area contributed by atoms with Gasteiger partial charge < -0.3 is 15.1 Å². The van der Waals surface area contributed by atoms with E-state index < -0.39 is 17.9 Å². The van der Waals surface area contributed by atoms with Gasteiger partial charge in [-0.25, -0.2) is 0 Å². The third-order valence-corrected chi connectivity index (χ3v) is 6.30. The number of aryl methyl sites for hydroxylation is 1. The van der Waals surface area contributed by atoms with Crippen LogP contribution in [-0.4, -0.2) is 30.3 Å². The molecule has 2 N–H and O–H groups in total. The third-order valence-electron chi connectivity index (χ3n) is 6.30. The summed E-state index contributed by atoms with van der Waals surface area (Å²) in [6.07, 6.45) is 6.62. The van der Waals surface area contributed by atoms with E-state index in [0.717, 1.165) is 31.2 Å².